The summed E-state index contributed by atoms with van der Waals surface area (Å²) >= 11 is 1.68. The van der Waals surface area contributed by atoms with Crippen LogP contribution in [-0.4, -0.2) is 44.7 Å². The third-order valence-electron chi connectivity index (χ3n) is 5.13. The molecule has 3 heterocycles. The summed E-state index contributed by atoms with van der Waals surface area (Å²) in [5.41, 5.74) is -0.687. The molecular formula is C19H25F3N4OS+2. The van der Waals surface area contributed by atoms with Gasteiger partial charge in [0.15, 0.2) is 6.04 Å². The largest absolute Gasteiger partial charge is 0.419 e. The van der Waals surface area contributed by atoms with Crippen LogP contribution in [0.4, 0.5) is 19.0 Å². The monoisotopic (exact) mass is 414 g/mol. The van der Waals surface area contributed by atoms with Gasteiger partial charge in [-0.25, -0.2) is 4.98 Å². The molecule has 1 fully saturated rings. The summed E-state index contributed by atoms with van der Waals surface area (Å²) in [6.07, 6.45) is -2.51. The van der Waals surface area contributed by atoms with Crippen LogP contribution in [0.2, 0.25) is 0 Å². The minimum absolute atomic E-state index is 0.0427. The van der Waals surface area contributed by atoms with Crippen LogP contribution in [0.15, 0.2) is 35.8 Å². The van der Waals surface area contributed by atoms with Crippen LogP contribution < -0.4 is 20.1 Å². The topological polar surface area (TPSA) is 50.9 Å². The Kier molecular flexibility index (Phi) is 6.56. The zero-order valence-electron chi connectivity index (χ0n) is 15.7. The number of carbonyl (C=O) groups is 1. The second kappa shape index (κ2) is 8.91. The van der Waals surface area contributed by atoms with Gasteiger partial charge in [0.05, 0.1) is 5.56 Å². The Morgan fingerprint density at radius 3 is 2.64 bits per heavy atom. The van der Waals surface area contributed by atoms with Crippen molar-refractivity contribution in [1.29, 1.82) is 0 Å². The fourth-order valence-corrected chi connectivity index (χ4v) is 4.07. The number of pyridine rings is 1. The highest BCUT2D eigenvalue weighted by molar-refractivity contribution is 7.09. The van der Waals surface area contributed by atoms with E-state index < -0.39 is 11.7 Å². The Balaban J connectivity index is 1.45. The van der Waals surface area contributed by atoms with E-state index in [2.05, 4.69) is 16.4 Å². The average molecular weight is 414 g/mol. The number of rotatable bonds is 6. The number of amides is 1. The van der Waals surface area contributed by atoms with Gasteiger partial charge in [0.1, 0.15) is 32.4 Å². The Labute approximate surface area is 166 Å². The molecular weight excluding hydrogens is 389 g/mol. The molecule has 1 atom stereocenters. The molecule has 0 radical (unpaired) electrons. The molecule has 0 spiro atoms. The van der Waals surface area contributed by atoms with Crippen LogP contribution in [0.3, 0.4) is 0 Å². The normalized spacial score (nSPS) is 16.8. The van der Waals surface area contributed by atoms with Gasteiger partial charge in [-0.1, -0.05) is 6.07 Å². The number of aromatic amines is 1. The number of piperazine rings is 1. The van der Waals surface area contributed by atoms with Gasteiger partial charge in [0, 0.05) is 17.5 Å². The van der Waals surface area contributed by atoms with E-state index in [1.807, 2.05) is 23.3 Å². The third-order valence-corrected chi connectivity index (χ3v) is 6.06. The van der Waals surface area contributed by atoms with E-state index in [0.29, 0.717) is 25.5 Å². The third kappa shape index (κ3) is 5.23. The summed E-state index contributed by atoms with van der Waals surface area (Å²) in [5, 5.41) is 5.03. The first-order valence-electron chi connectivity index (χ1n) is 9.33. The van der Waals surface area contributed by atoms with Crippen molar-refractivity contribution < 1.29 is 27.8 Å². The molecule has 1 saturated heterocycles. The number of anilines is 1. The summed E-state index contributed by atoms with van der Waals surface area (Å²) in [6.45, 7) is 5.44. The van der Waals surface area contributed by atoms with Crippen LogP contribution in [0.25, 0.3) is 0 Å². The molecule has 5 nitrogen and oxygen atoms in total. The van der Waals surface area contributed by atoms with E-state index in [0.717, 1.165) is 31.8 Å². The summed E-state index contributed by atoms with van der Waals surface area (Å²) < 4.78 is 38.0. The van der Waals surface area contributed by atoms with Crippen LogP contribution >= 0.6 is 11.3 Å². The number of aromatic nitrogens is 1. The molecule has 152 valence electrons. The lowest BCUT2D eigenvalue weighted by Crippen LogP contribution is -3.19. The van der Waals surface area contributed by atoms with Gasteiger partial charge in [0.2, 0.25) is 0 Å². The van der Waals surface area contributed by atoms with E-state index in [-0.39, 0.29) is 11.9 Å². The fraction of sp³-hybridized carbons (Fsp3) is 0.474. The van der Waals surface area contributed by atoms with Gasteiger partial charge >= 0.3 is 6.18 Å². The fourth-order valence-electron chi connectivity index (χ4n) is 3.36. The standard InChI is InChI=1S/C19H23F3N4OS/c1-14(18(27)23-7-6-16-3-2-12-28-16)25-8-10-26(11-9-25)17-5-4-15(13-24-17)19(20,21)22/h2-5,12-14H,6-11H2,1H3,(H,23,27)/p+2/t14-/m0/s1. The van der Waals surface area contributed by atoms with E-state index in [1.54, 1.807) is 11.3 Å². The maximum atomic E-state index is 12.7. The summed E-state index contributed by atoms with van der Waals surface area (Å²) in [6, 6.07) is 6.47. The predicted molar refractivity (Wildman–Crippen MR) is 101 cm³/mol. The molecule has 1 aliphatic heterocycles. The quantitative estimate of drug-likeness (QED) is 0.742. The minimum Gasteiger partial charge on any atom is -0.351 e. The zero-order chi connectivity index (χ0) is 20.1. The van der Waals surface area contributed by atoms with Crippen molar-refractivity contribution in [2.75, 3.05) is 37.6 Å². The number of alkyl halides is 3. The van der Waals surface area contributed by atoms with Crippen LogP contribution in [0.1, 0.15) is 17.4 Å². The molecule has 9 heteroatoms. The lowest BCUT2D eigenvalue weighted by Gasteiger charge is -2.31. The SMILES string of the molecule is C[C@@H](C(=O)NCCc1cccs1)[NH+]1CCN(c2ccc(C(F)(F)F)c[nH+]2)CC1. The number of thiophene rings is 1. The second-order valence-corrected chi connectivity index (χ2v) is 7.98. The van der Waals surface area contributed by atoms with Gasteiger partial charge in [-0.15, -0.1) is 11.3 Å². The smallest absolute Gasteiger partial charge is 0.351 e. The van der Waals surface area contributed by atoms with Crippen molar-refractivity contribution in [3.05, 3.63) is 46.3 Å². The first-order chi connectivity index (χ1) is 13.3. The second-order valence-electron chi connectivity index (χ2n) is 6.95. The number of hydrogen-bond donors (Lipinski definition) is 2. The Morgan fingerprint density at radius 1 is 1.32 bits per heavy atom. The molecule has 0 bridgehead atoms. The summed E-state index contributed by atoms with van der Waals surface area (Å²) in [5.74, 6) is 0.709. The van der Waals surface area contributed by atoms with Crippen molar-refractivity contribution in [2.24, 2.45) is 0 Å². The zero-order valence-corrected chi connectivity index (χ0v) is 16.5. The molecule has 2 aromatic rings. The Hall–Kier alpha value is -2.13. The molecule has 0 aliphatic carbocycles. The molecule has 28 heavy (non-hydrogen) atoms. The van der Waals surface area contributed by atoms with Crippen molar-refractivity contribution in [2.45, 2.75) is 25.6 Å². The van der Waals surface area contributed by atoms with Crippen molar-refractivity contribution in [1.82, 2.24) is 5.32 Å². The molecule has 0 saturated carbocycles. The van der Waals surface area contributed by atoms with Gasteiger partial charge in [-0.05, 0) is 30.9 Å². The summed E-state index contributed by atoms with van der Waals surface area (Å²) in [4.78, 5) is 19.6. The highest BCUT2D eigenvalue weighted by Gasteiger charge is 2.34. The van der Waals surface area contributed by atoms with Crippen LogP contribution in [-0.2, 0) is 17.4 Å². The lowest BCUT2D eigenvalue weighted by atomic mass is 10.2. The highest BCUT2D eigenvalue weighted by atomic mass is 32.1. The van der Waals surface area contributed by atoms with E-state index >= 15 is 0 Å². The number of carbonyl (C=O) groups excluding carboxylic acids is 1. The van der Waals surface area contributed by atoms with Crippen molar-refractivity contribution >= 4 is 23.1 Å². The van der Waals surface area contributed by atoms with E-state index in [9.17, 15) is 18.0 Å². The molecule has 2 aromatic heterocycles. The maximum Gasteiger partial charge on any atom is 0.419 e. The Morgan fingerprint density at radius 2 is 2.07 bits per heavy atom. The molecule has 0 unspecified atom stereocenters. The van der Waals surface area contributed by atoms with Gasteiger partial charge < -0.3 is 10.2 Å². The Bertz CT molecular complexity index is 756. The molecule has 1 aliphatic rings. The number of hydrogen-bond acceptors (Lipinski definition) is 3. The van der Waals surface area contributed by atoms with Gasteiger partial charge in [0.25, 0.3) is 11.7 Å². The first-order valence-corrected chi connectivity index (χ1v) is 10.2. The van der Waals surface area contributed by atoms with E-state index in [1.165, 1.54) is 15.8 Å². The van der Waals surface area contributed by atoms with E-state index in [4.69, 9.17) is 0 Å². The first kappa shape index (κ1) is 20.6. The maximum absolute atomic E-state index is 12.7. The number of halogens is 3. The van der Waals surface area contributed by atoms with Gasteiger partial charge in [-0.2, -0.15) is 13.2 Å². The highest BCUT2D eigenvalue weighted by Crippen LogP contribution is 2.28. The van der Waals surface area contributed by atoms with Crippen LogP contribution in [0, 0.1) is 0 Å². The van der Waals surface area contributed by atoms with Crippen molar-refractivity contribution in [3.63, 3.8) is 0 Å². The lowest BCUT2D eigenvalue weighted by molar-refractivity contribution is -0.914. The molecule has 1 amide bonds. The molecule has 0 aromatic carbocycles. The number of nitrogens with zero attached hydrogens (tertiary/aromatic N) is 1. The minimum atomic E-state index is -4.34. The molecule has 3 rings (SSSR count). The average Bonchev–Trinajstić information content (AvgIpc) is 3.20. The van der Waals surface area contributed by atoms with Crippen molar-refractivity contribution in [3.8, 4) is 0 Å². The number of nitrogens with one attached hydrogen (secondary N) is 3. The van der Waals surface area contributed by atoms with Gasteiger partial charge in [-0.3, -0.25) is 9.69 Å². The van der Waals surface area contributed by atoms with Crippen LogP contribution in [0.5, 0.6) is 0 Å². The summed E-state index contributed by atoms with van der Waals surface area (Å²) in [7, 11) is 0. The molecule has 3 N–H and O–H groups in total. The number of H-pyrrole nitrogens is 1. The number of quaternary nitrogens is 1. The predicted octanol–water partition coefficient (Wildman–Crippen LogP) is 1.03.